The molecule has 0 saturated carbocycles. The van der Waals surface area contributed by atoms with Crippen molar-refractivity contribution in [3.63, 3.8) is 0 Å². The zero-order valence-corrected chi connectivity index (χ0v) is 23.7. The molecule has 0 N–H and O–H groups in total. The highest BCUT2D eigenvalue weighted by Crippen LogP contribution is 2.44. The first-order valence-electron chi connectivity index (χ1n) is 14.8. The molecule has 0 radical (unpaired) electrons. The Hall–Kier alpha value is -6.00. The number of rotatable bonds is 4. The average Bonchev–Trinajstić information content (AvgIpc) is 3.69. The molecule has 4 heteroatoms. The largest absolute Gasteiger partial charge is 0.436 e. The maximum absolute atomic E-state index is 6.60. The fraction of sp³-hybridized carbons (Fsp3) is 0. The zero-order chi connectivity index (χ0) is 29.0. The van der Waals surface area contributed by atoms with E-state index in [2.05, 4.69) is 137 Å². The first-order valence-corrected chi connectivity index (χ1v) is 14.8. The van der Waals surface area contributed by atoms with Crippen LogP contribution in [0.2, 0.25) is 0 Å². The highest BCUT2D eigenvalue weighted by molar-refractivity contribution is 6.10. The summed E-state index contributed by atoms with van der Waals surface area (Å²) < 4.78 is 8.96. The predicted molar refractivity (Wildman–Crippen MR) is 180 cm³/mol. The van der Waals surface area contributed by atoms with E-state index >= 15 is 0 Å². The highest BCUT2D eigenvalue weighted by atomic mass is 16.3. The summed E-state index contributed by atoms with van der Waals surface area (Å²) in [7, 11) is 0. The van der Waals surface area contributed by atoms with Crippen LogP contribution in [0, 0.1) is 0 Å². The SMILES string of the molecule is c1ccc(-c2cc(-n3c4ccccc4c4ccccc43)cc(-c3nc4c(ccc5cccnc54)o3)c2-c2ccccc2)cc1. The molecule has 9 rings (SSSR count). The molecule has 3 heterocycles. The summed E-state index contributed by atoms with van der Waals surface area (Å²) in [5, 5.41) is 3.47. The molecule has 6 aromatic carbocycles. The second kappa shape index (κ2) is 9.79. The van der Waals surface area contributed by atoms with Crippen LogP contribution >= 0.6 is 0 Å². The molecule has 0 spiro atoms. The van der Waals surface area contributed by atoms with Gasteiger partial charge in [0, 0.05) is 39.2 Å². The molecule has 0 fully saturated rings. The van der Waals surface area contributed by atoms with Crippen LogP contribution in [0.5, 0.6) is 0 Å². The number of fused-ring (bicyclic) bond motifs is 6. The van der Waals surface area contributed by atoms with Crippen LogP contribution < -0.4 is 0 Å². The molecule has 0 aliphatic rings. The van der Waals surface area contributed by atoms with E-state index in [1.54, 1.807) is 0 Å². The molecular weight excluding hydrogens is 538 g/mol. The molecule has 0 amide bonds. The predicted octanol–water partition coefficient (Wildman–Crippen LogP) is 10.5. The van der Waals surface area contributed by atoms with E-state index < -0.39 is 0 Å². The summed E-state index contributed by atoms with van der Waals surface area (Å²) >= 11 is 0. The molecule has 44 heavy (non-hydrogen) atoms. The van der Waals surface area contributed by atoms with Gasteiger partial charge >= 0.3 is 0 Å². The quantitative estimate of drug-likeness (QED) is 0.214. The summed E-state index contributed by atoms with van der Waals surface area (Å²) in [4.78, 5) is 9.80. The van der Waals surface area contributed by atoms with Gasteiger partial charge in [-0.2, -0.15) is 0 Å². The second-order valence-electron chi connectivity index (χ2n) is 11.0. The van der Waals surface area contributed by atoms with Gasteiger partial charge in [0.05, 0.1) is 16.6 Å². The lowest BCUT2D eigenvalue weighted by molar-refractivity contribution is 0.620. The lowest BCUT2D eigenvalue weighted by Crippen LogP contribution is -1.99. The summed E-state index contributed by atoms with van der Waals surface area (Å²) in [6.45, 7) is 0. The van der Waals surface area contributed by atoms with Gasteiger partial charge in [0.1, 0.15) is 5.52 Å². The van der Waals surface area contributed by atoms with Gasteiger partial charge in [-0.15, -0.1) is 0 Å². The van der Waals surface area contributed by atoms with Crippen molar-refractivity contribution < 1.29 is 4.42 Å². The molecule has 0 aliphatic carbocycles. The van der Waals surface area contributed by atoms with Crippen molar-refractivity contribution in [1.29, 1.82) is 0 Å². The molecule has 4 nitrogen and oxygen atoms in total. The zero-order valence-electron chi connectivity index (χ0n) is 23.7. The number of benzene rings is 6. The standard InChI is InChI=1S/C40H25N3O/c1-3-12-26(13-4-1)32-24-29(43-34-19-9-7-17-30(34)31-18-8-10-20-35(31)43)25-33(37(32)27-14-5-2-6-15-27)40-42-39-36(44-40)22-21-28-16-11-23-41-38(28)39/h1-25H. The maximum atomic E-state index is 6.60. The van der Waals surface area contributed by atoms with E-state index in [4.69, 9.17) is 9.40 Å². The molecule has 0 aliphatic heterocycles. The molecule has 0 atom stereocenters. The normalized spacial score (nSPS) is 11.6. The van der Waals surface area contributed by atoms with Gasteiger partial charge in [0.2, 0.25) is 5.89 Å². The van der Waals surface area contributed by atoms with Crippen molar-refractivity contribution >= 4 is 43.8 Å². The molecule has 9 aromatic rings. The van der Waals surface area contributed by atoms with Gasteiger partial charge in [-0.1, -0.05) is 103 Å². The first kappa shape index (κ1) is 24.6. The van der Waals surface area contributed by atoms with Crippen molar-refractivity contribution in [2.75, 3.05) is 0 Å². The van der Waals surface area contributed by atoms with Gasteiger partial charge in [0.15, 0.2) is 5.58 Å². The van der Waals surface area contributed by atoms with Gasteiger partial charge in [-0.3, -0.25) is 4.98 Å². The summed E-state index contributed by atoms with van der Waals surface area (Å²) in [5.74, 6) is 0.566. The van der Waals surface area contributed by atoms with Gasteiger partial charge < -0.3 is 8.98 Å². The molecular formula is C40H25N3O. The van der Waals surface area contributed by atoms with Crippen LogP contribution in [0.3, 0.4) is 0 Å². The van der Waals surface area contributed by atoms with Crippen molar-refractivity contribution in [3.05, 3.63) is 152 Å². The molecule has 206 valence electrons. The van der Waals surface area contributed by atoms with Crippen LogP contribution in [0.25, 0.3) is 83.2 Å². The minimum absolute atomic E-state index is 0.566. The Kier molecular flexibility index (Phi) is 5.47. The van der Waals surface area contributed by atoms with Crippen molar-refractivity contribution in [3.8, 4) is 39.4 Å². The number of pyridine rings is 1. The van der Waals surface area contributed by atoms with E-state index in [1.165, 1.54) is 10.8 Å². The highest BCUT2D eigenvalue weighted by Gasteiger charge is 2.22. The maximum Gasteiger partial charge on any atom is 0.228 e. The molecule has 0 bridgehead atoms. The van der Waals surface area contributed by atoms with Gasteiger partial charge in [-0.25, -0.2) is 4.98 Å². The first-order chi connectivity index (χ1) is 21.8. The van der Waals surface area contributed by atoms with E-state index in [0.717, 1.165) is 61.0 Å². The summed E-state index contributed by atoms with van der Waals surface area (Å²) in [6.07, 6.45) is 1.81. The second-order valence-corrected chi connectivity index (χ2v) is 11.0. The van der Waals surface area contributed by atoms with Gasteiger partial charge in [0.25, 0.3) is 0 Å². The molecule has 0 unspecified atom stereocenters. The Bertz CT molecular complexity index is 2440. The Labute approximate surface area is 253 Å². The Morgan fingerprint density at radius 2 is 1.16 bits per heavy atom. The number of nitrogens with zero attached hydrogens (tertiary/aromatic N) is 3. The lowest BCUT2D eigenvalue weighted by atomic mass is 9.89. The van der Waals surface area contributed by atoms with E-state index in [9.17, 15) is 0 Å². The number of para-hydroxylation sites is 2. The van der Waals surface area contributed by atoms with Crippen LogP contribution in [0.4, 0.5) is 0 Å². The monoisotopic (exact) mass is 563 g/mol. The molecule has 0 saturated heterocycles. The number of aromatic nitrogens is 3. The third kappa shape index (κ3) is 3.78. The Balaban J connectivity index is 1.43. The van der Waals surface area contributed by atoms with Crippen LogP contribution in [-0.2, 0) is 0 Å². The molecule has 3 aromatic heterocycles. The third-order valence-electron chi connectivity index (χ3n) is 8.47. The van der Waals surface area contributed by atoms with E-state index in [1.807, 2.05) is 24.4 Å². The van der Waals surface area contributed by atoms with Crippen molar-refractivity contribution in [1.82, 2.24) is 14.5 Å². The Morgan fingerprint density at radius 1 is 0.523 bits per heavy atom. The minimum Gasteiger partial charge on any atom is -0.436 e. The Morgan fingerprint density at radius 3 is 1.89 bits per heavy atom. The number of hydrogen-bond acceptors (Lipinski definition) is 3. The fourth-order valence-electron chi connectivity index (χ4n) is 6.53. The van der Waals surface area contributed by atoms with Crippen molar-refractivity contribution in [2.45, 2.75) is 0 Å². The van der Waals surface area contributed by atoms with Crippen LogP contribution in [0.15, 0.2) is 156 Å². The third-order valence-corrected chi connectivity index (χ3v) is 8.47. The summed E-state index contributed by atoms with van der Waals surface area (Å²) in [6, 6.07) is 50.9. The minimum atomic E-state index is 0.566. The topological polar surface area (TPSA) is 43.9 Å². The van der Waals surface area contributed by atoms with E-state index in [-0.39, 0.29) is 0 Å². The average molecular weight is 564 g/mol. The van der Waals surface area contributed by atoms with Crippen molar-refractivity contribution in [2.24, 2.45) is 0 Å². The van der Waals surface area contributed by atoms with Gasteiger partial charge in [-0.05, 0) is 59.2 Å². The lowest BCUT2D eigenvalue weighted by Gasteiger charge is -2.18. The number of hydrogen-bond donors (Lipinski definition) is 0. The van der Waals surface area contributed by atoms with E-state index in [0.29, 0.717) is 11.5 Å². The number of oxazole rings is 1. The summed E-state index contributed by atoms with van der Waals surface area (Å²) in [5.41, 5.74) is 11.0. The van der Waals surface area contributed by atoms with Crippen LogP contribution in [-0.4, -0.2) is 14.5 Å². The van der Waals surface area contributed by atoms with Crippen LogP contribution in [0.1, 0.15) is 0 Å². The smallest absolute Gasteiger partial charge is 0.228 e. The fourth-order valence-corrected chi connectivity index (χ4v) is 6.53.